The van der Waals surface area contributed by atoms with Gasteiger partial charge in [0.1, 0.15) is 18.5 Å². The number of furan rings is 1. The van der Waals surface area contributed by atoms with Gasteiger partial charge in [-0.05, 0) is 6.07 Å². The first-order chi connectivity index (χ1) is 16.9. The molecule has 2 atom stereocenters. The van der Waals surface area contributed by atoms with Crippen molar-refractivity contribution in [3.05, 3.63) is 47.9 Å². The Morgan fingerprint density at radius 1 is 1.46 bits per heavy atom. The summed E-state index contributed by atoms with van der Waals surface area (Å²) in [5.74, 6) is -2.84. The van der Waals surface area contributed by atoms with Gasteiger partial charge in [0.15, 0.2) is 18.3 Å². The molecule has 2 aliphatic heterocycles. The summed E-state index contributed by atoms with van der Waals surface area (Å²) in [4.78, 5) is 47.2. The van der Waals surface area contributed by atoms with Crippen LogP contribution in [0, 0.1) is 0 Å². The number of amides is 2. The van der Waals surface area contributed by atoms with E-state index in [1.165, 1.54) is 18.9 Å². The van der Waals surface area contributed by atoms with Gasteiger partial charge in [-0.1, -0.05) is 10.3 Å². The van der Waals surface area contributed by atoms with Crippen molar-refractivity contribution in [1.82, 2.24) is 20.4 Å². The molecule has 14 nitrogen and oxygen atoms in total. The van der Waals surface area contributed by atoms with Crippen LogP contribution in [-0.2, 0) is 25.8 Å². The number of hydrogen-bond donors (Lipinski definition) is 2. The number of fused-ring (bicyclic) bond motifs is 2. The minimum absolute atomic E-state index is 0.213. The number of nitrogens with two attached hydrogens (primary N) is 1. The van der Waals surface area contributed by atoms with Crippen LogP contribution >= 0.6 is 11.8 Å². The van der Waals surface area contributed by atoms with Crippen molar-refractivity contribution in [3.8, 4) is 0 Å². The van der Waals surface area contributed by atoms with Crippen molar-refractivity contribution in [1.29, 1.82) is 0 Å². The SMILES string of the molecule is CON=C(C(=O)NC1C(=O)N2C(C(=O)[O-])=C(C[n+]3ccc4ccoc4c3)CS[C@H]12)c1noc(N)n1. The average Bonchev–Trinajstić information content (AvgIpc) is 3.48. The number of pyridine rings is 1. The first-order valence-corrected chi connectivity index (χ1v) is 11.2. The molecule has 3 aromatic rings. The number of carboxylic acid groups (broad SMARTS) is 1. The van der Waals surface area contributed by atoms with Gasteiger partial charge in [-0.2, -0.15) is 9.55 Å². The Bertz CT molecular complexity index is 1410. The molecule has 0 aliphatic carbocycles. The van der Waals surface area contributed by atoms with Crippen LogP contribution in [0.2, 0.25) is 0 Å². The Morgan fingerprint density at radius 3 is 3.00 bits per heavy atom. The highest BCUT2D eigenvalue weighted by molar-refractivity contribution is 8.00. The maximum Gasteiger partial charge on any atom is 0.319 e. The number of thioether (sulfide) groups is 1. The summed E-state index contributed by atoms with van der Waals surface area (Å²) in [7, 11) is 1.21. The van der Waals surface area contributed by atoms with Gasteiger partial charge < -0.3 is 34.7 Å². The fourth-order valence-electron chi connectivity index (χ4n) is 3.87. The van der Waals surface area contributed by atoms with Gasteiger partial charge in [-0.25, -0.2) is 0 Å². The quantitative estimate of drug-likeness (QED) is 0.160. The van der Waals surface area contributed by atoms with E-state index >= 15 is 0 Å². The average molecular weight is 499 g/mol. The van der Waals surface area contributed by atoms with E-state index in [-0.39, 0.29) is 29.8 Å². The first-order valence-electron chi connectivity index (χ1n) is 10.1. The number of carbonyl (C=O) groups is 3. The molecule has 1 saturated heterocycles. The van der Waals surface area contributed by atoms with Gasteiger partial charge in [0.05, 0.1) is 17.9 Å². The molecular weight excluding hydrogens is 482 g/mol. The highest BCUT2D eigenvalue weighted by Gasteiger charge is 2.53. The second kappa shape index (κ2) is 8.75. The highest BCUT2D eigenvalue weighted by atomic mass is 32.2. The van der Waals surface area contributed by atoms with Crippen LogP contribution < -0.4 is 20.7 Å². The summed E-state index contributed by atoms with van der Waals surface area (Å²) in [5, 5.41) is 21.9. The lowest BCUT2D eigenvalue weighted by Gasteiger charge is -2.50. The van der Waals surface area contributed by atoms with Crippen molar-refractivity contribution in [2.75, 3.05) is 18.6 Å². The van der Waals surface area contributed by atoms with E-state index < -0.39 is 29.2 Å². The lowest BCUT2D eigenvalue weighted by Crippen LogP contribution is -2.71. The Hall–Kier alpha value is -4.40. The Labute approximate surface area is 200 Å². The van der Waals surface area contributed by atoms with Crippen LogP contribution in [0.5, 0.6) is 0 Å². The summed E-state index contributed by atoms with van der Waals surface area (Å²) < 4.78 is 11.8. The van der Waals surface area contributed by atoms with E-state index in [0.717, 1.165) is 10.3 Å². The Kier molecular flexibility index (Phi) is 5.60. The van der Waals surface area contributed by atoms with Gasteiger partial charge in [0, 0.05) is 22.8 Å². The Morgan fingerprint density at radius 2 is 2.29 bits per heavy atom. The third-order valence-electron chi connectivity index (χ3n) is 5.41. The number of oxime groups is 1. The standard InChI is InChI=1S/C20H17N7O7S/c1-32-24-12(15-23-20(21)34-25-15)16(28)22-13-17(29)27-14(19(30)31)10(8-35-18(13)27)6-26-4-2-9-3-5-33-11(9)7-26/h2-5,7,13,18H,6,8H2,1H3,(H3-,21,22,23,25,28,30,31)/t13?,18-/m1/s1. The van der Waals surface area contributed by atoms with Crippen LogP contribution in [0.3, 0.4) is 0 Å². The van der Waals surface area contributed by atoms with E-state index in [1.54, 1.807) is 23.2 Å². The molecule has 0 radical (unpaired) electrons. The second-order valence-electron chi connectivity index (χ2n) is 7.54. The summed E-state index contributed by atoms with van der Waals surface area (Å²) in [5.41, 5.74) is 5.95. The molecule has 0 aromatic carbocycles. The zero-order valence-electron chi connectivity index (χ0n) is 18.0. The molecule has 3 N–H and O–H groups in total. The number of anilines is 1. The first kappa shape index (κ1) is 22.4. The molecule has 5 rings (SSSR count). The molecule has 0 spiro atoms. The molecule has 5 heterocycles. The number of aromatic nitrogens is 3. The highest BCUT2D eigenvalue weighted by Crippen LogP contribution is 2.40. The summed E-state index contributed by atoms with van der Waals surface area (Å²) in [6.45, 7) is 0.213. The largest absolute Gasteiger partial charge is 0.543 e. The van der Waals surface area contributed by atoms with Crippen molar-refractivity contribution in [2.45, 2.75) is 18.0 Å². The van der Waals surface area contributed by atoms with E-state index in [2.05, 4.69) is 30.0 Å². The van der Waals surface area contributed by atoms with E-state index in [4.69, 9.17) is 10.2 Å². The van der Waals surface area contributed by atoms with Gasteiger partial charge in [0.2, 0.25) is 17.7 Å². The second-order valence-corrected chi connectivity index (χ2v) is 8.64. The molecular formula is C20H17N7O7S. The lowest BCUT2D eigenvalue weighted by atomic mass is 10.0. The third kappa shape index (κ3) is 3.95. The molecule has 35 heavy (non-hydrogen) atoms. The number of carbonyl (C=O) groups excluding carboxylic acids is 3. The minimum atomic E-state index is -1.48. The number of aliphatic carboxylic acids is 1. The number of nitrogens with zero attached hydrogens (tertiary/aromatic N) is 5. The summed E-state index contributed by atoms with van der Waals surface area (Å²) in [6, 6.07) is 2.36. The van der Waals surface area contributed by atoms with Crippen LogP contribution in [-0.4, -0.2) is 62.8 Å². The third-order valence-corrected chi connectivity index (χ3v) is 6.75. The van der Waals surface area contributed by atoms with Crippen molar-refractivity contribution in [2.24, 2.45) is 5.16 Å². The van der Waals surface area contributed by atoms with Crippen LogP contribution in [0.1, 0.15) is 5.82 Å². The maximum atomic E-state index is 12.9. The van der Waals surface area contributed by atoms with Gasteiger partial charge in [0.25, 0.3) is 11.8 Å². The molecule has 2 aliphatic rings. The molecule has 180 valence electrons. The summed E-state index contributed by atoms with van der Waals surface area (Å²) >= 11 is 1.31. The summed E-state index contributed by atoms with van der Waals surface area (Å²) in [6.07, 6.45) is 5.09. The van der Waals surface area contributed by atoms with Crippen molar-refractivity contribution < 1.29 is 37.8 Å². The number of nitrogen functional groups attached to an aromatic ring is 1. The van der Waals surface area contributed by atoms with E-state index in [9.17, 15) is 19.5 Å². The molecule has 3 aromatic heterocycles. The molecule has 2 amide bonds. The monoisotopic (exact) mass is 499 g/mol. The van der Waals surface area contributed by atoms with Crippen LogP contribution in [0.4, 0.5) is 6.01 Å². The molecule has 0 saturated carbocycles. The fourth-order valence-corrected chi connectivity index (χ4v) is 5.21. The predicted molar refractivity (Wildman–Crippen MR) is 116 cm³/mol. The molecule has 15 heteroatoms. The van der Waals surface area contributed by atoms with Crippen molar-refractivity contribution >= 4 is 52.2 Å². The zero-order valence-corrected chi connectivity index (χ0v) is 18.9. The zero-order chi connectivity index (χ0) is 24.7. The smallest absolute Gasteiger partial charge is 0.319 e. The number of β-lactam (4-membered cyclic amide) rings is 1. The normalized spacial score (nSPS) is 20.0. The van der Waals surface area contributed by atoms with E-state index in [1.807, 2.05) is 12.1 Å². The van der Waals surface area contributed by atoms with Crippen LogP contribution in [0.25, 0.3) is 11.0 Å². The van der Waals surface area contributed by atoms with Crippen LogP contribution in [0.15, 0.2) is 56.2 Å². The molecule has 1 unspecified atom stereocenters. The van der Waals surface area contributed by atoms with Crippen molar-refractivity contribution in [3.63, 3.8) is 0 Å². The predicted octanol–water partition coefficient (Wildman–Crippen LogP) is -1.86. The maximum absolute atomic E-state index is 12.9. The Balaban J connectivity index is 1.36. The lowest BCUT2D eigenvalue weighted by molar-refractivity contribution is -0.688. The number of hydrogen-bond acceptors (Lipinski definition) is 12. The minimum Gasteiger partial charge on any atom is -0.543 e. The molecule has 1 fully saturated rings. The van der Waals surface area contributed by atoms with E-state index in [0.29, 0.717) is 16.9 Å². The number of carboxylic acids is 1. The number of nitrogens with one attached hydrogen (secondary N) is 1. The molecule has 0 bridgehead atoms. The van der Waals surface area contributed by atoms with Gasteiger partial charge in [-0.3, -0.25) is 14.5 Å². The topological polar surface area (TPSA) is 193 Å². The van der Waals surface area contributed by atoms with Gasteiger partial charge in [-0.15, -0.1) is 11.8 Å². The fraction of sp³-hybridized carbons (Fsp3) is 0.250. The number of rotatable bonds is 7. The van der Waals surface area contributed by atoms with Gasteiger partial charge >= 0.3 is 6.01 Å².